The van der Waals surface area contributed by atoms with Crippen molar-refractivity contribution in [2.75, 3.05) is 0 Å². The normalized spacial score (nSPS) is 23.9. The molecular formula is C15H20O. The maximum absolute atomic E-state index is 5.65. The second-order valence-corrected chi connectivity index (χ2v) is 4.84. The second-order valence-electron chi connectivity index (χ2n) is 4.84. The molecule has 0 saturated heterocycles. The molecule has 0 N–H and O–H groups in total. The van der Waals surface area contributed by atoms with Crippen molar-refractivity contribution in [2.24, 2.45) is 0 Å². The van der Waals surface area contributed by atoms with E-state index in [1.807, 2.05) is 6.26 Å². The molecule has 1 aromatic rings. The Morgan fingerprint density at radius 2 is 1.88 bits per heavy atom. The Bertz CT molecular complexity index is 432. The van der Waals surface area contributed by atoms with Gasteiger partial charge in [0.2, 0.25) is 0 Å². The largest absolute Gasteiger partial charge is 0.468 e. The van der Waals surface area contributed by atoms with Crippen molar-refractivity contribution in [2.45, 2.75) is 46.5 Å². The topological polar surface area (TPSA) is 13.1 Å². The van der Waals surface area contributed by atoms with Crippen molar-refractivity contribution in [3.8, 4) is 0 Å². The maximum atomic E-state index is 5.65. The molecule has 1 heterocycles. The third-order valence-electron chi connectivity index (χ3n) is 3.32. The molecule has 1 heteroatoms. The monoisotopic (exact) mass is 216 g/mol. The number of furan rings is 1. The van der Waals surface area contributed by atoms with Gasteiger partial charge in [-0.1, -0.05) is 23.3 Å². The van der Waals surface area contributed by atoms with Crippen molar-refractivity contribution < 1.29 is 4.42 Å². The minimum Gasteiger partial charge on any atom is -0.468 e. The molecule has 0 spiro atoms. The molecule has 0 radical (unpaired) electrons. The standard InChI is InChI=1S/C15H20O/c1-11-5-4-6-12(2)9-15-14(8-7-11)13(3)10-16-15/h6-7,10H,4-5,8-9H2,1-3H3/b11-7+,12-6+. The van der Waals surface area contributed by atoms with E-state index in [0.29, 0.717) is 0 Å². The third-order valence-corrected chi connectivity index (χ3v) is 3.32. The molecule has 1 aliphatic rings. The van der Waals surface area contributed by atoms with E-state index < -0.39 is 0 Å². The molecule has 1 aromatic heterocycles. The number of allylic oxidation sites excluding steroid dienone is 4. The Balaban J connectivity index is 2.36. The number of rotatable bonds is 0. The van der Waals surface area contributed by atoms with Crippen molar-refractivity contribution in [1.29, 1.82) is 0 Å². The van der Waals surface area contributed by atoms with Gasteiger partial charge in [0, 0.05) is 12.0 Å². The minimum atomic E-state index is 0.968. The van der Waals surface area contributed by atoms with Crippen LogP contribution in [0.2, 0.25) is 0 Å². The zero-order valence-electron chi connectivity index (χ0n) is 10.5. The van der Waals surface area contributed by atoms with E-state index in [4.69, 9.17) is 4.42 Å². The molecule has 1 nitrogen and oxygen atoms in total. The number of hydrogen-bond acceptors (Lipinski definition) is 1. The molecule has 0 aromatic carbocycles. The summed E-state index contributed by atoms with van der Waals surface area (Å²) in [6.45, 7) is 6.55. The minimum absolute atomic E-state index is 0.968. The Morgan fingerprint density at radius 3 is 2.69 bits per heavy atom. The molecule has 86 valence electrons. The van der Waals surface area contributed by atoms with Gasteiger partial charge in [-0.25, -0.2) is 0 Å². The fraction of sp³-hybridized carbons (Fsp3) is 0.467. The summed E-state index contributed by atoms with van der Waals surface area (Å²) in [5.41, 5.74) is 5.57. The van der Waals surface area contributed by atoms with Crippen LogP contribution < -0.4 is 0 Å². The summed E-state index contributed by atoms with van der Waals surface area (Å²) in [7, 11) is 0. The molecule has 0 amide bonds. The lowest BCUT2D eigenvalue weighted by Crippen LogP contribution is -1.95. The first-order valence-corrected chi connectivity index (χ1v) is 6.04. The first-order chi connectivity index (χ1) is 7.66. The van der Waals surface area contributed by atoms with E-state index in [-0.39, 0.29) is 0 Å². The highest BCUT2D eigenvalue weighted by atomic mass is 16.3. The molecule has 2 rings (SSSR count). The molecule has 0 fully saturated rings. The predicted octanol–water partition coefficient (Wildman–Crippen LogP) is 4.36. The Kier molecular flexibility index (Phi) is 3.33. The van der Waals surface area contributed by atoms with E-state index in [2.05, 4.69) is 32.9 Å². The van der Waals surface area contributed by atoms with Crippen molar-refractivity contribution in [3.63, 3.8) is 0 Å². The average Bonchev–Trinajstić information content (AvgIpc) is 2.57. The number of hydrogen-bond donors (Lipinski definition) is 0. The third kappa shape index (κ3) is 2.46. The van der Waals surface area contributed by atoms with E-state index in [0.717, 1.165) is 25.0 Å². The number of fused-ring (bicyclic) bond motifs is 1. The highest BCUT2D eigenvalue weighted by Gasteiger charge is 2.11. The van der Waals surface area contributed by atoms with Crippen LogP contribution in [-0.4, -0.2) is 0 Å². The Hall–Kier alpha value is -1.24. The Morgan fingerprint density at radius 1 is 1.06 bits per heavy atom. The summed E-state index contributed by atoms with van der Waals surface area (Å²) in [5.74, 6) is 1.15. The SMILES string of the molecule is C/C1=C\Cc2c(C)coc2C/C(C)=C/CC1. The van der Waals surface area contributed by atoms with Gasteiger partial charge in [-0.2, -0.15) is 0 Å². The van der Waals surface area contributed by atoms with Gasteiger partial charge in [0.1, 0.15) is 5.76 Å². The molecule has 1 aliphatic carbocycles. The first-order valence-electron chi connectivity index (χ1n) is 6.04. The summed E-state index contributed by atoms with van der Waals surface area (Å²) in [6.07, 6.45) is 10.9. The maximum Gasteiger partial charge on any atom is 0.111 e. The van der Waals surface area contributed by atoms with Crippen LogP contribution in [0.5, 0.6) is 0 Å². The fourth-order valence-corrected chi connectivity index (χ4v) is 2.19. The van der Waals surface area contributed by atoms with Crippen LogP contribution in [0.4, 0.5) is 0 Å². The highest BCUT2D eigenvalue weighted by molar-refractivity contribution is 5.32. The molecule has 0 saturated carbocycles. The van der Waals surface area contributed by atoms with Gasteiger partial charge < -0.3 is 4.42 Å². The van der Waals surface area contributed by atoms with E-state index >= 15 is 0 Å². The summed E-state index contributed by atoms with van der Waals surface area (Å²) >= 11 is 0. The average molecular weight is 216 g/mol. The van der Waals surface area contributed by atoms with Crippen molar-refractivity contribution in [1.82, 2.24) is 0 Å². The van der Waals surface area contributed by atoms with Crippen LogP contribution >= 0.6 is 0 Å². The van der Waals surface area contributed by atoms with Gasteiger partial charge in [-0.3, -0.25) is 0 Å². The summed E-state index contributed by atoms with van der Waals surface area (Å²) in [4.78, 5) is 0. The lowest BCUT2D eigenvalue weighted by atomic mass is 9.98. The zero-order chi connectivity index (χ0) is 11.5. The van der Waals surface area contributed by atoms with Crippen LogP contribution in [0.1, 0.15) is 43.6 Å². The summed E-state index contributed by atoms with van der Waals surface area (Å²) in [6, 6.07) is 0. The van der Waals surface area contributed by atoms with Gasteiger partial charge in [-0.15, -0.1) is 0 Å². The van der Waals surface area contributed by atoms with Gasteiger partial charge in [-0.05, 0) is 45.6 Å². The van der Waals surface area contributed by atoms with Crippen LogP contribution in [0, 0.1) is 6.92 Å². The Labute approximate surface area is 97.9 Å². The molecule has 0 atom stereocenters. The van der Waals surface area contributed by atoms with Gasteiger partial charge in [0.15, 0.2) is 0 Å². The first kappa shape index (κ1) is 11.3. The molecule has 0 bridgehead atoms. The lowest BCUT2D eigenvalue weighted by Gasteiger charge is -2.07. The lowest BCUT2D eigenvalue weighted by molar-refractivity contribution is 0.514. The summed E-state index contributed by atoms with van der Waals surface area (Å²) in [5, 5.41) is 0. The predicted molar refractivity (Wildman–Crippen MR) is 67.6 cm³/mol. The second kappa shape index (κ2) is 4.73. The van der Waals surface area contributed by atoms with Gasteiger partial charge in [0.25, 0.3) is 0 Å². The molecule has 0 unspecified atom stereocenters. The van der Waals surface area contributed by atoms with E-state index in [1.165, 1.54) is 28.7 Å². The van der Waals surface area contributed by atoms with Gasteiger partial charge >= 0.3 is 0 Å². The van der Waals surface area contributed by atoms with E-state index in [9.17, 15) is 0 Å². The zero-order valence-corrected chi connectivity index (χ0v) is 10.5. The van der Waals surface area contributed by atoms with E-state index in [1.54, 1.807) is 0 Å². The summed E-state index contributed by atoms with van der Waals surface area (Å²) < 4.78 is 5.65. The van der Waals surface area contributed by atoms with Gasteiger partial charge in [0.05, 0.1) is 6.26 Å². The van der Waals surface area contributed by atoms with Crippen molar-refractivity contribution in [3.05, 3.63) is 46.4 Å². The highest BCUT2D eigenvalue weighted by Crippen LogP contribution is 2.23. The van der Waals surface area contributed by atoms with Crippen LogP contribution in [0.3, 0.4) is 0 Å². The fourth-order valence-electron chi connectivity index (χ4n) is 2.19. The van der Waals surface area contributed by atoms with Crippen molar-refractivity contribution >= 4 is 0 Å². The molecule has 16 heavy (non-hydrogen) atoms. The van der Waals surface area contributed by atoms with Crippen LogP contribution in [0.15, 0.2) is 34.0 Å². The quantitative estimate of drug-likeness (QED) is 0.587. The smallest absolute Gasteiger partial charge is 0.111 e. The van der Waals surface area contributed by atoms with Crippen LogP contribution in [-0.2, 0) is 12.8 Å². The number of aryl methyl sites for hydroxylation is 1. The van der Waals surface area contributed by atoms with Crippen LogP contribution in [0.25, 0.3) is 0 Å². The molecular weight excluding hydrogens is 196 g/mol. The molecule has 0 aliphatic heterocycles.